The number of halogens is 1. The lowest BCUT2D eigenvalue weighted by Crippen LogP contribution is -1.95. The molecule has 12 heavy (non-hydrogen) atoms. The van der Waals surface area contributed by atoms with Crippen LogP contribution in [0.2, 0.25) is 0 Å². The summed E-state index contributed by atoms with van der Waals surface area (Å²) < 4.78 is 0.878. The topological polar surface area (TPSA) is 17.1 Å². The quantitative estimate of drug-likeness (QED) is 0.707. The Kier molecular flexibility index (Phi) is 3.04. The summed E-state index contributed by atoms with van der Waals surface area (Å²) in [5.74, 6) is 0.391. The number of carbonyl (C=O) groups excluding carboxylic acids is 1. The molecular formula is C10H11BrO. The fourth-order valence-corrected chi connectivity index (χ4v) is 1.66. The first-order valence-electron chi connectivity index (χ1n) is 3.90. The SMILES string of the molecule is CC(C)c1cccc(Br)c1C=O. The fraction of sp³-hybridized carbons (Fsp3) is 0.300. The minimum atomic E-state index is 0.391. The monoisotopic (exact) mass is 226 g/mol. The van der Waals surface area contributed by atoms with Crippen LogP contribution in [0.3, 0.4) is 0 Å². The number of aldehydes is 1. The molecular weight excluding hydrogens is 216 g/mol. The van der Waals surface area contributed by atoms with Crippen molar-refractivity contribution >= 4 is 22.2 Å². The summed E-state index contributed by atoms with van der Waals surface area (Å²) in [6.07, 6.45) is 0.902. The Labute approximate surface area is 80.9 Å². The van der Waals surface area contributed by atoms with Gasteiger partial charge in [-0.05, 0) is 17.5 Å². The Morgan fingerprint density at radius 1 is 1.42 bits per heavy atom. The van der Waals surface area contributed by atoms with Crippen molar-refractivity contribution < 1.29 is 4.79 Å². The molecule has 0 aliphatic carbocycles. The van der Waals surface area contributed by atoms with Crippen molar-refractivity contribution in [3.05, 3.63) is 33.8 Å². The summed E-state index contributed by atoms with van der Waals surface area (Å²) in [6.45, 7) is 4.16. The number of rotatable bonds is 2. The summed E-state index contributed by atoms with van der Waals surface area (Å²) in [5, 5.41) is 0. The predicted molar refractivity (Wildman–Crippen MR) is 53.6 cm³/mol. The van der Waals surface area contributed by atoms with E-state index in [-0.39, 0.29) is 0 Å². The highest BCUT2D eigenvalue weighted by atomic mass is 79.9. The zero-order valence-electron chi connectivity index (χ0n) is 7.17. The van der Waals surface area contributed by atoms with Gasteiger partial charge in [0, 0.05) is 10.0 Å². The van der Waals surface area contributed by atoms with E-state index in [4.69, 9.17) is 0 Å². The maximum absolute atomic E-state index is 10.7. The van der Waals surface area contributed by atoms with Crippen LogP contribution in [0.25, 0.3) is 0 Å². The molecule has 0 aliphatic rings. The fourth-order valence-electron chi connectivity index (χ4n) is 1.18. The van der Waals surface area contributed by atoms with Crippen molar-refractivity contribution in [1.29, 1.82) is 0 Å². The molecule has 1 aromatic rings. The van der Waals surface area contributed by atoms with E-state index in [1.54, 1.807) is 0 Å². The standard InChI is InChI=1S/C10H11BrO/c1-7(2)8-4-3-5-10(11)9(8)6-12/h3-7H,1-2H3. The van der Waals surface area contributed by atoms with Crippen molar-refractivity contribution in [3.8, 4) is 0 Å². The van der Waals surface area contributed by atoms with Gasteiger partial charge in [0.1, 0.15) is 0 Å². The Morgan fingerprint density at radius 2 is 2.08 bits per heavy atom. The average molecular weight is 227 g/mol. The number of hydrogen-bond acceptors (Lipinski definition) is 1. The van der Waals surface area contributed by atoms with Crippen molar-refractivity contribution in [2.24, 2.45) is 0 Å². The van der Waals surface area contributed by atoms with Crippen LogP contribution in [0.5, 0.6) is 0 Å². The average Bonchev–Trinajstić information content (AvgIpc) is 2.03. The molecule has 0 saturated heterocycles. The molecule has 0 fully saturated rings. The van der Waals surface area contributed by atoms with Crippen molar-refractivity contribution in [2.75, 3.05) is 0 Å². The third kappa shape index (κ3) is 1.75. The third-order valence-electron chi connectivity index (χ3n) is 1.83. The van der Waals surface area contributed by atoms with Crippen molar-refractivity contribution in [1.82, 2.24) is 0 Å². The lowest BCUT2D eigenvalue weighted by molar-refractivity contribution is 0.112. The molecule has 0 radical (unpaired) electrons. The zero-order chi connectivity index (χ0) is 9.14. The molecule has 64 valence electrons. The largest absolute Gasteiger partial charge is 0.298 e. The van der Waals surface area contributed by atoms with Crippen LogP contribution in [-0.4, -0.2) is 6.29 Å². The number of benzene rings is 1. The van der Waals surface area contributed by atoms with Gasteiger partial charge < -0.3 is 0 Å². The molecule has 2 heteroatoms. The lowest BCUT2D eigenvalue weighted by atomic mass is 9.98. The Hall–Kier alpha value is -0.630. The van der Waals surface area contributed by atoms with E-state index < -0.39 is 0 Å². The minimum Gasteiger partial charge on any atom is -0.298 e. The van der Waals surface area contributed by atoms with E-state index in [9.17, 15) is 4.79 Å². The second-order valence-electron chi connectivity index (χ2n) is 3.02. The molecule has 1 nitrogen and oxygen atoms in total. The Morgan fingerprint density at radius 3 is 2.50 bits per heavy atom. The zero-order valence-corrected chi connectivity index (χ0v) is 8.76. The highest BCUT2D eigenvalue weighted by molar-refractivity contribution is 9.10. The summed E-state index contributed by atoms with van der Waals surface area (Å²) in [5.41, 5.74) is 1.87. The maximum atomic E-state index is 10.7. The molecule has 0 atom stereocenters. The molecule has 0 N–H and O–H groups in total. The van der Waals surface area contributed by atoms with Gasteiger partial charge in [-0.3, -0.25) is 4.79 Å². The first kappa shape index (κ1) is 9.46. The van der Waals surface area contributed by atoms with Crippen LogP contribution in [0.15, 0.2) is 22.7 Å². The Balaban J connectivity index is 3.27. The molecule has 1 rings (SSSR count). The molecule has 0 heterocycles. The maximum Gasteiger partial charge on any atom is 0.151 e. The third-order valence-corrected chi connectivity index (χ3v) is 2.52. The van der Waals surface area contributed by atoms with E-state index >= 15 is 0 Å². The molecule has 0 aliphatic heterocycles. The summed E-state index contributed by atoms with van der Waals surface area (Å²) in [7, 11) is 0. The van der Waals surface area contributed by atoms with Crippen LogP contribution >= 0.6 is 15.9 Å². The van der Waals surface area contributed by atoms with Crippen LogP contribution in [-0.2, 0) is 0 Å². The van der Waals surface area contributed by atoms with Gasteiger partial charge in [0.05, 0.1) is 0 Å². The van der Waals surface area contributed by atoms with E-state index in [2.05, 4.69) is 29.8 Å². The van der Waals surface area contributed by atoms with E-state index in [1.807, 2.05) is 18.2 Å². The van der Waals surface area contributed by atoms with Crippen molar-refractivity contribution in [3.63, 3.8) is 0 Å². The van der Waals surface area contributed by atoms with Gasteiger partial charge >= 0.3 is 0 Å². The van der Waals surface area contributed by atoms with Crippen LogP contribution in [0, 0.1) is 0 Å². The minimum absolute atomic E-state index is 0.391. The van der Waals surface area contributed by atoms with Crippen LogP contribution in [0.1, 0.15) is 35.7 Å². The molecule has 1 aromatic carbocycles. The summed E-state index contributed by atoms with van der Waals surface area (Å²) in [6, 6.07) is 5.82. The van der Waals surface area contributed by atoms with Gasteiger partial charge in [-0.2, -0.15) is 0 Å². The van der Waals surface area contributed by atoms with Gasteiger partial charge in [-0.1, -0.05) is 41.9 Å². The second kappa shape index (κ2) is 3.85. The smallest absolute Gasteiger partial charge is 0.151 e. The Bertz CT molecular complexity index is 292. The second-order valence-corrected chi connectivity index (χ2v) is 3.87. The lowest BCUT2D eigenvalue weighted by Gasteiger charge is -2.08. The van der Waals surface area contributed by atoms with Crippen LogP contribution < -0.4 is 0 Å². The first-order valence-corrected chi connectivity index (χ1v) is 4.69. The highest BCUT2D eigenvalue weighted by Gasteiger charge is 2.07. The molecule has 0 amide bonds. The van der Waals surface area contributed by atoms with Crippen molar-refractivity contribution in [2.45, 2.75) is 19.8 Å². The molecule has 0 aromatic heterocycles. The normalized spacial score (nSPS) is 10.3. The summed E-state index contributed by atoms with van der Waals surface area (Å²) >= 11 is 3.34. The van der Waals surface area contributed by atoms with E-state index in [0.717, 1.165) is 21.9 Å². The molecule has 0 spiro atoms. The van der Waals surface area contributed by atoms with E-state index in [1.165, 1.54) is 0 Å². The van der Waals surface area contributed by atoms with Gasteiger partial charge in [0.2, 0.25) is 0 Å². The van der Waals surface area contributed by atoms with Gasteiger partial charge in [0.15, 0.2) is 6.29 Å². The predicted octanol–water partition coefficient (Wildman–Crippen LogP) is 3.39. The summed E-state index contributed by atoms with van der Waals surface area (Å²) in [4.78, 5) is 10.7. The van der Waals surface area contributed by atoms with E-state index in [0.29, 0.717) is 5.92 Å². The van der Waals surface area contributed by atoms with Crippen LogP contribution in [0.4, 0.5) is 0 Å². The first-order chi connectivity index (χ1) is 5.66. The molecule has 0 saturated carbocycles. The van der Waals surface area contributed by atoms with Gasteiger partial charge in [-0.15, -0.1) is 0 Å². The molecule has 0 bridgehead atoms. The highest BCUT2D eigenvalue weighted by Crippen LogP contribution is 2.24. The number of carbonyl (C=O) groups is 1. The molecule has 0 unspecified atom stereocenters. The number of hydrogen-bond donors (Lipinski definition) is 0. The van der Waals surface area contributed by atoms with Gasteiger partial charge in [-0.25, -0.2) is 0 Å². The van der Waals surface area contributed by atoms with Gasteiger partial charge in [0.25, 0.3) is 0 Å².